The topological polar surface area (TPSA) is 83.8 Å². The normalized spacial score (nSPS) is 12.7. The van der Waals surface area contributed by atoms with Gasteiger partial charge in [0.05, 0.1) is 22.4 Å². The van der Waals surface area contributed by atoms with Crippen molar-refractivity contribution in [2.75, 3.05) is 6.61 Å². The lowest BCUT2D eigenvalue weighted by Crippen LogP contribution is -2.11. The van der Waals surface area contributed by atoms with Crippen molar-refractivity contribution >= 4 is 32.3 Å². The summed E-state index contributed by atoms with van der Waals surface area (Å²) in [6, 6.07) is 8.80. The lowest BCUT2D eigenvalue weighted by atomic mass is 9.93. The van der Waals surface area contributed by atoms with Crippen molar-refractivity contribution in [2.45, 2.75) is 39.0 Å². The van der Waals surface area contributed by atoms with Gasteiger partial charge in [-0.25, -0.2) is 0 Å². The molecule has 0 amide bonds. The molecule has 3 aromatic rings. The van der Waals surface area contributed by atoms with Gasteiger partial charge in [0.1, 0.15) is 17.2 Å². The minimum atomic E-state index is -0.479. The first-order chi connectivity index (χ1) is 14.0. The number of aromatic hydroxyl groups is 2. The van der Waals surface area contributed by atoms with E-state index in [1.165, 1.54) is 53.6 Å². The first-order valence-corrected chi connectivity index (χ1v) is 10.6. The number of unbranched alkanes of at least 4 members (excludes halogenated alkanes) is 4. The van der Waals surface area contributed by atoms with Crippen LogP contribution >= 0.6 is 11.3 Å². The maximum atomic E-state index is 11.3. The maximum Gasteiger partial charge on any atom is 0.190 e. The molecule has 0 radical (unpaired) electrons. The standard InChI is InChI=1S/C13H18OS.C10H6O4/c1-2-3-4-5-6-9-14-12-10-11-7-8-13(12)15-11;11-5-1-2-6(12)10-8(14)4-3-7(13)9(5)10/h7-8,10H,2-6,9H2,1H3;1-4,11-12H. The molecule has 0 fully saturated rings. The summed E-state index contributed by atoms with van der Waals surface area (Å²) >= 11 is 1.82. The van der Waals surface area contributed by atoms with E-state index in [0.29, 0.717) is 0 Å². The molecule has 2 aromatic heterocycles. The number of ketones is 2. The molecule has 152 valence electrons. The van der Waals surface area contributed by atoms with E-state index in [1.54, 1.807) is 0 Å². The minimum absolute atomic E-state index is 0.127. The van der Waals surface area contributed by atoms with Crippen LogP contribution in [0.3, 0.4) is 0 Å². The highest BCUT2D eigenvalue weighted by Crippen LogP contribution is 2.34. The fourth-order valence-corrected chi connectivity index (χ4v) is 4.07. The van der Waals surface area contributed by atoms with E-state index >= 15 is 0 Å². The van der Waals surface area contributed by atoms with Gasteiger partial charge in [-0.15, -0.1) is 11.3 Å². The molecule has 0 spiro atoms. The Morgan fingerprint density at radius 2 is 1.48 bits per heavy atom. The van der Waals surface area contributed by atoms with Crippen LogP contribution in [0.4, 0.5) is 0 Å². The smallest absolute Gasteiger partial charge is 0.190 e. The van der Waals surface area contributed by atoms with Gasteiger partial charge in [-0.3, -0.25) is 9.59 Å². The van der Waals surface area contributed by atoms with Crippen LogP contribution in [-0.4, -0.2) is 28.4 Å². The predicted molar refractivity (Wildman–Crippen MR) is 115 cm³/mol. The van der Waals surface area contributed by atoms with Crippen LogP contribution in [0.1, 0.15) is 59.7 Å². The molecule has 0 atom stereocenters. The molecule has 0 saturated heterocycles. The summed E-state index contributed by atoms with van der Waals surface area (Å²) in [6.07, 6.45) is 8.65. The molecule has 1 aromatic carbocycles. The molecule has 5 nitrogen and oxygen atoms in total. The second-order valence-electron chi connectivity index (χ2n) is 6.89. The van der Waals surface area contributed by atoms with Gasteiger partial charge in [0.2, 0.25) is 0 Å². The van der Waals surface area contributed by atoms with E-state index in [1.807, 2.05) is 11.3 Å². The number of fused-ring (bicyclic) bond motifs is 3. The summed E-state index contributed by atoms with van der Waals surface area (Å²) in [5.41, 5.74) is -0.255. The van der Waals surface area contributed by atoms with Crippen LogP contribution in [0.15, 0.2) is 42.5 Å². The number of hydrogen-bond acceptors (Lipinski definition) is 6. The van der Waals surface area contributed by atoms with Crippen molar-refractivity contribution in [3.8, 4) is 17.2 Å². The summed E-state index contributed by atoms with van der Waals surface area (Å²) in [6.45, 7) is 3.12. The van der Waals surface area contributed by atoms with Gasteiger partial charge >= 0.3 is 0 Å². The fourth-order valence-electron chi connectivity index (χ4n) is 3.16. The van der Waals surface area contributed by atoms with E-state index in [0.717, 1.165) is 24.5 Å². The number of hydrogen-bond donors (Lipinski definition) is 2. The van der Waals surface area contributed by atoms with Gasteiger partial charge in [0.25, 0.3) is 0 Å². The van der Waals surface area contributed by atoms with Crippen LogP contribution in [0.25, 0.3) is 9.40 Å². The molecule has 0 unspecified atom stereocenters. The van der Waals surface area contributed by atoms with Gasteiger partial charge in [-0.1, -0.05) is 32.6 Å². The molecular formula is C23H24O5S. The van der Waals surface area contributed by atoms with Crippen molar-refractivity contribution in [3.05, 3.63) is 53.6 Å². The van der Waals surface area contributed by atoms with Crippen molar-refractivity contribution in [1.82, 2.24) is 0 Å². The third-order valence-corrected chi connectivity index (χ3v) is 5.74. The molecule has 2 bridgehead atoms. The molecule has 2 heterocycles. The number of thiophene rings is 2. The minimum Gasteiger partial charge on any atom is -0.507 e. The second kappa shape index (κ2) is 9.56. The zero-order valence-corrected chi connectivity index (χ0v) is 17.1. The summed E-state index contributed by atoms with van der Waals surface area (Å²) in [5.74, 6) is -0.449. The first kappa shape index (κ1) is 20.9. The summed E-state index contributed by atoms with van der Waals surface area (Å²) < 4.78 is 8.36. The number of rotatable bonds is 7. The lowest BCUT2D eigenvalue weighted by molar-refractivity contribution is 0.0989. The lowest BCUT2D eigenvalue weighted by Gasteiger charge is -2.11. The molecule has 1 aliphatic rings. The van der Waals surface area contributed by atoms with Crippen LogP contribution in [0.2, 0.25) is 0 Å². The zero-order chi connectivity index (χ0) is 20.8. The van der Waals surface area contributed by atoms with E-state index in [-0.39, 0.29) is 22.6 Å². The van der Waals surface area contributed by atoms with Crippen molar-refractivity contribution < 1.29 is 24.5 Å². The molecule has 6 heteroatoms. The van der Waals surface area contributed by atoms with E-state index < -0.39 is 11.6 Å². The molecule has 29 heavy (non-hydrogen) atoms. The summed E-state index contributed by atoms with van der Waals surface area (Å²) in [5, 5.41) is 18.7. The number of allylic oxidation sites excluding steroid dienone is 2. The second-order valence-corrected chi connectivity index (χ2v) is 8.00. The zero-order valence-electron chi connectivity index (χ0n) is 16.3. The Morgan fingerprint density at radius 1 is 0.862 bits per heavy atom. The first-order valence-electron chi connectivity index (χ1n) is 9.77. The Labute approximate surface area is 173 Å². The summed E-state index contributed by atoms with van der Waals surface area (Å²) in [7, 11) is 0. The number of carbonyl (C=O) groups excluding carboxylic acids is 2. The monoisotopic (exact) mass is 412 g/mol. The highest BCUT2D eigenvalue weighted by Gasteiger charge is 2.25. The van der Waals surface area contributed by atoms with Crippen LogP contribution in [-0.2, 0) is 0 Å². The molecule has 0 aliphatic heterocycles. The maximum absolute atomic E-state index is 11.3. The average molecular weight is 413 g/mol. The number of carbonyl (C=O) groups is 2. The van der Waals surface area contributed by atoms with Crippen molar-refractivity contribution in [2.24, 2.45) is 0 Å². The van der Waals surface area contributed by atoms with E-state index in [9.17, 15) is 19.8 Å². The SMILES string of the molecule is CCCCCCCOc1cc2ccc1s2.O=C1C=CC(=O)c2c(O)ccc(O)c21. The average Bonchev–Trinajstić information content (AvgIpc) is 3.33. The largest absolute Gasteiger partial charge is 0.507 e. The molecule has 2 N–H and O–H groups in total. The molecule has 0 saturated carbocycles. The Morgan fingerprint density at radius 3 is 2.00 bits per heavy atom. The third-order valence-electron chi connectivity index (χ3n) is 4.69. The number of phenols is 2. The Balaban J connectivity index is 0.000000166. The number of phenolic OH excluding ortho intramolecular Hbond substituents is 2. The summed E-state index contributed by atoms with van der Waals surface area (Å²) in [4.78, 5) is 22.6. The Hall–Kier alpha value is -2.86. The van der Waals surface area contributed by atoms with E-state index in [4.69, 9.17) is 4.74 Å². The molecular weight excluding hydrogens is 388 g/mol. The van der Waals surface area contributed by atoms with Crippen LogP contribution in [0.5, 0.6) is 17.2 Å². The van der Waals surface area contributed by atoms with Crippen molar-refractivity contribution in [1.29, 1.82) is 0 Å². The van der Waals surface area contributed by atoms with Gasteiger partial charge in [-0.2, -0.15) is 0 Å². The van der Waals surface area contributed by atoms with Gasteiger partial charge in [0, 0.05) is 4.70 Å². The number of ether oxygens (including phenoxy) is 1. The highest BCUT2D eigenvalue weighted by molar-refractivity contribution is 7.24. The predicted octanol–water partition coefficient (Wildman–Crippen LogP) is 5.72. The Kier molecular flexibility index (Phi) is 6.88. The van der Waals surface area contributed by atoms with Crippen LogP contribution in [0, 0.1) is 0 Å². The van der Waals surface area contributed by atoms with Gasteiger partial charge < -0.3 is 14.9 Å². The quantitative estimate of drug-likeness (QED) is 0.383. The van der Waals surface area contributed by atoms with Crippen LogP contribution < -0.4 is 4.74 Å². The molecule has 4 rings (SSSR count). The fraction of sp³-hybridized carbons (Fsp3) is 0.304. The van der Waals surface area contributed by atoms with Gasteiger partial charge in [0.15, 0.2) is 11.6 Å². The third kappa shape index (κ3) is 4.95. The highest BCUT2D eigenvalue weighted by atomic mass is 32.1. The number of benzene rings is 2. The van der Waals surface area contributed by atoms with Gasteiger partial charge in [-0.05, 0) is 48.9 Å². The molecule has 1 aliphatic carbocycles. The Bertz CT molecular complexity index is 975. The van der Waals surface area contributed by atoms with E-state index in [2.05, 4.69) is 25.1 Å². The van der Waals surface area contributed by atoms with Crippen molar-refractivity contribution in [3.63, 3.8) is 0 Å².